The summed E-state index contributed by atoms with van der Waals surface area (Å²) in [7, 11) is 0. The van der Waals surface area contributed by atoms with Crippen molar-refractivity contribution < 1.29 is 4.55 Å². The minimum Gasteiger partial charge on any atom is -0.617 e. The second-order valence-electron chi connectivity index (χ2n) is 4.23. The van der Waals surface area contributed by atoms with Gasteiger partial charge < -0.3 is 4.55 Å². The van der Waals surface area contributed by atoms with E-state index in [-0.39, 0.29) is 0 Å². The lowest BCUT2D eigenvalue weighted by Crippen LogP contribution is -1.86. The van der Waals surface area contributed by atoms with E-state index in [1.807, 2.05) is 0 Å². The first-order chi connectivity index (χ1) is 8.18. The maximum absolute atomic E-state index is 9.56. The molecule has 0 aromatic heterocycles. The first-order valence-corrected chi connectivity index (χ1v) is 7.56. The van der Waals surface area contributed by atoms with Gasteiger partial charge in [0.1, 0.15) is 0 Å². The molecule has 0 spiro atoms. The number of hydrogen-bond acceptors (Lipinski definition) is 1. The molecule has 0 fully saturated rings. The third-order valence-electron chi connectivity index (χ3n) is 2.71. The Bertz CT molecular complexity index is 460. The highest BCUT2D eigenvalue weighted by molar-refractivity contribution is 7.89. The molecule has 3 rings (SSSR count). The number of benzene rings is 2. The molecule has 1 aliphatic rings. The second-order valence-corrected chi connectivity index (χ2v) is 5.72. The van der Waals surface area contributed by atoms with E-state index in [2.05, 4.69) is 48.5 Å². The Morgan fingerprint density at radius 2 is 1.18 bits per heavy atom. The molecule has 0 amide bonds. The molecule has 0 atom stereocenters. The number of hydrogen-bond donors (Lipinski definition) is 0. The minimum absolute atomic E-state index is 0.611. The highest BCUT2D eigenvalue weighted by Gasteiger charge is 2.15. The summed E-state index contributed by atoms with van der Waals surface area (Å²) in [6.07, 6.45) is 4.38. The van der Waals surface area contributed by atoms with Gasteiger partial charge in [-0.15, -0.1) is 0 Å². The first-order valence-electron chi connectivity index (χ1n) is 5.59. The molecule has 0 unspecified atom stereocenters. The van der Waals surface area contributed by atoms with Gasteiger partial charge in [0.05, 0.1) is 12.5 Å². The van der Waals surface area contributed by atoms with Crippen LogP contribution in [0.5, 0.6) is 0 Å². The van der Waals surface area contributed by atoms with Crippen LogP contribution in [0.1, 0.15) is 11.1 Å². The van der Waals surface area contributed by atoms with Gasteiger partial charge >= 0.3 is 0 Å². The van der Waals surface area contributed by atoms with Crippen molar-refractivity contribution in [3.63, 3.8) is 0 Å². The highest BCUT2D eigenvalue weighted by Crippen LogP contribution is 2.35. The Balaban J connectivity index is 0.000000239. The van der Waals surface area contributed by atoms with E-state index >= 15 is 0 Å². The van der Waals surface area contributed by atoms with Crippen LogP contribution in [0.4, 0.5) is 0 Å². The van der Waals surface area contributed by atoms with Crippen LogP contribution in [0.25, 0.3) is 11.1 Å². The Labute approximate surface area is 106 Å². The van der Waals surface area contributed by atoms with Crippen LogP contribution < -0.4 is 0 Å². The topological polar surface area (TPSA) is 23.1 Å². The van der Waals surface area contributed by atoms with Crippen molar-refractivity contribution in [2.45, 2.75) is 6.42 Å². The van der Waals surface area contributed by atoms with Gasteiger partial charge in [0.15, 0.2) is 0 Å². The molecular weight excluding hydrogens is 228 g/mol. The lowest BCUT2D eigenvalue weighted by Gasteiger charge is -1.98. The Morgan fingerprint density at radius 1 is 0.824 bits per heavy atom. The van der Waals surface area contributed by atoms with Crippen LogP contribution in [0.15, 0.2) is 48.5 Å². The zero-order valence-electron chi connectivity index (χ0n) is 10.1. The quantitative estimate of drug-likeness (QED) is 0.557. The SMILES string of the molecule is C[S+](C)[O-].c1ccc2c(c1)Cc1ccccc1-2. The summed E-state index contributed by atoms with van der Waals surface area (Å²) in [4.78, 5) is 0. The highest BCUT2D eigenvalue weighted by atomic mass is 32.2. The zero-order valence-corrected chi connectivity index (χ0v) is 11.0. The monoisotopic (exact) mass is 244 g/mol. The van der Waals surface area contributed by atoms with Gasteiger partial charge in [-0.05, 0) is 28.7 Å². The Hall–Kier alpha value is -1.25. The van der Waals surface area contributed by atoms with Gasteiger partial charge in [-0.2, -0.15) is 0 Å². The van der Waals surface area contributed by atoms with Crippen molar-refractivity contribution in [3.05, 3.63) is 59.7 Å². The molecule has 1 nitrogen and oxygen atoms in total. The summed E-state index contributed by atoms with van der Waals surface area (Å²) < 4.78 is 9.56. The van der Waals surface area contributed by atoms with Crippen molar-refractivity contribution in [3.8, 4) is 11.1 Å². The largest absolute Gasteiger partial charge is 0.617 e. The summed E-state index contributed by atoms with van der Waals surface area (Å²) in [5.41, 5.74) is 5.75. The summed E-state index contributed by atoms with van der Waals surface area (Å²) in [6.45, 7) is 0. The summed E-state index contributed by atoms with van der Waals surface area (Å²) in [5, 5.41) is 0. The predicted octanol–water partition coefficient (Wildman–Crippen LogP) is 3.25. The Kier molecular flexibility index (Phi) is 3.87. The maximum atomic E-state index is 9.56. The van der Waals surface area contributed by atoms with E-state index in [1.54, 1.807) is 12.5 Å². The summed E-state index contributed by atoms with van der Waals surface area (Å²) in [6, 6.07) is 17.3. The smallest absolute Gasteiger partial charge is 0.0946 e. The average Bonchev–Trinajstić information content (AvgIpc) is 2.66. The number of fused-ring (bicyclic) bond motifs is 3. The molecular formula is C15H16OS. The molecule has 0 N–H and O–H groups in total. The van der Waals surface area contributed by atoms with Crippen LogP contribution in [-0.2, 0) is 17.6 Å². The molecule has 88 valence electrons. The zero-order chi connectivity index (χ0) is 12.3. The average molecular weight is 244 g/mol. The van der Waals surface area contributed by atoms with Gasteiger partial charge in [-0.1, -0.05) is 59.7 Å². The van der Waals surface area contributed by atoms with E-state index in [0.717, 1.165) is 6.42 Å². The van der Waals surface area contributed by atoms with Crippen LogP contribution in [0, 0.1) is 0 Å². The lowest BCUT2D eigenvalue weighted by molar-refractivity contribution is 0.606. The van der Waals surface area contributed by atoms with Crippen LogP contribution in [-0.4, -0.2) is 17.1 Å². The van der Waals surface area contributed by atoms with E-state index < -0.39 is 11.2 Å². The third kappa shape index (κ3) is 2.90. The van der Waals surface area contributed by atoms with Crippen molar-refractivity contribution in [2.75, 3.05) is 12.5 Å². The van der Waals surface area contributed by atoms with E-state index in [4.69, 9.17) is 0 Å². The van der Waals surface area contributed by atoms with Gasteiger partial charge in [0, 0.05) is 0 Å². The first kappa shape index (κ1) is 12.2. The molecule has 0 aliphatic heterocycles. The van der Waals surface area contributed by atoms with Gasteiger partial charge in [0.25, 0.3) is 0 Å². The summed E-state index contributed by atoms with van der Waals surface area (Å²) in [5.74, 6) is 0. The lowest BCUT2D eigenvalue weighted by atomic mass is 10.1. The van der Waals surface area contributed by atoms with Crippen LogP contribution >= 0.6 is 0 Å². The third-order valence-corrected chi connectivity index (χ3v) is 2.71. The normalized spacial score (nSPS) is 11.5. The molecule has 0 saturated carbocycles. The predicted molar refractivity (Wildman–Crippen MR) is 74.7 cm³/mol. The standard InChI is InChI=1S/C13H10.C2H6OS/c1-3-7-12-10(5-1)9-11-6-2-4-8-13(11)12;1-4(2)3/h1-8H,9H2;1-2H3. The summed E-state index contributed by atoms with van der Waals surface area (Å²) >= 11 is -0.611. The number of rotatable bonds is 0. The molecule has 0 heterocycles. The fraction of sp³-hybridized carbons (Fsp3) is 0.200. The van der Waals surface area contributed by atoms with Crippen molar-refractivity contribution in [1.82, 2.24) is 0 Å². The van der Waals surface area contributed by atoms with Crippen molar-refractivity contribution in [2.24, 2.45) is 0 Å². The van der Waals surface area contributed by atoms with E-state index in [1.165, 1.54) is 22.3 Å². The molecule has 0 bridgehead atoms. The van der Waals surface area contributed by atoms with Crippen molar-refractivity contribution >= 4 is 11.2 Å². The van der Waals surface area contributed by atoms with Crippen LogP contribution in [0.2, 0.25) is 0 Å². The van der Waals surface area contributed by atoms with E-state index in [0.29, 0.717) is 0 Å². The van der Waals surface area contributed by atoms with Gasteiger partial charge in [0.2, 0.25) is 0 Å². The molecule has 2 aromatic rings. The molecule has 2 aromatic carbocycles. The maximum Gasteiger partial charge on any atom is 0.0946 e. The Morgan fingerprint density at radius 3 is 1.59 bits per heavy atom. The minimum atomic E-state index is -0.611. The molecule has 17 heavy (non-hydrogen) atoms. The van der Waals surface area contributed by atoms with E-state index in [9.17, 15) is 4.55 Å². The molecule has 1 aliphatic carbocycles. The van der Waals surface area contributed by atoms with Crippen LogP contribution in [0.3, 0.4) is 0 Å². The molecule has 2 heteroatoms. The fourth-order valence-electron chi connectivity index (χ4n) is 2.08. The molecule has 0 saturated heterocycles. The molecule has 0 radical (unpaired) electrons. The fourth-order valence-corrected chi connectivity index (χ4v) is 2.08. The van der Waals surface area contributed by atoms with Gasteiger partial charge in [-0.25, -0.2) is 0 Å². The van der Waals surface area contributed by atoms with Crippen molar-refractivity contribution in [1.29, 1.82) is 0 Å². The van der Waals surface area contributed by atoms with Gasteiger partial charge in [-0.3, -0.25) is 0 Å². The second kappa shape index (κ2) is 5.39.